The van der Waals surface area contributed by atoms with Gasteiger partial charge in [-0.15, -0.1) is 0 Å². The molecular formula is C12H26NOSn+. The molecule has 1 fully saturated rings. The molecule has 0 heterocycles. The summed E-state index contributed by atoms with van der Waals surface area (Å²) in [4.78, 5) is 0. The average molecular weight is 319 g/mol. The summed E-state index contributed by atoms with van der Waals surface area (Å²) in [5.41, 5.74) is 6.12. The Labute approximate surface area is 102 Å². The second-order valence-electron chi connectivity index (χ2n) is 4.67. The fourth-order valence-electron chi connectivity index (χ4n) is 2.85. The maximum absolute atomic E-state index is 6.12. The number of nitrogens with two attached hydrogens (primary N) is 1. The van der Waals surface area contributed by atoms with E-state index in [9.17, 15) is 0 Å². The van der Waals surface area contributed by atoms with Crippen molar-refractivity contribution in [2.45, 2.75) is 60.9 Å². The Kier molecular flexibility index (Phi) is 6.55. The van der Waals surface area contributed by atoms with Crippen LogP contribution in [0.5, 0.6) is 0 Å². The molecular weight excluding hydrogens is 293 g/mol. The summed E-state index contributed by atoms with van der Waals surface area (Å²) in [6, 6.07) is 0.373. The number of rotatable bonds is 5. The Bertz CT molecular complexity index is 175. The zero-order valence-corrected chi connectivity index (χ0v) is 13.3. The molecule has 3 unspecified atom stereocenters. The summed E-state index contributed by atoms with van der Waals surface area (Å²) in [5, 5.41) is 0. The average Bonchev–Trinajstić information content (AvgIpc) is 2.26. The molecule has 1 rings (SSSR count). The monoisotopic (exact) mass is 320 g/mol. The van der Waals surface area contributed by atoms with E-state index in [0.717, 1.165) is 16.5 Å². The van der Waals surface area contributed by atoms with Crippen molar-refractivity contribution in [3.63, 3.8) is 0 Å². The van der Waals surface area contributed by atoms with Gasteiger partial charge in [0.05, 0.1) is 0 Å². The molecule has 0 aliphatic heterocycles. The van der Waals surface area contributed by atoms with Gasteiger partial charge in [-0.25, -0.2) is 0 Å². The van der Waals surface area contributed by atoms with E-state index in [0.29, 0.717) is 6.04 Å². The third kappa shape index (κ3) is 3.90. The van der Waals surface area contributed by atoms with E-state index >= 15 is 0 Å². The summed E-state index contributed by atoms with van der Waals surface area (Å²) in [5.74, 6) is 0.764. The van der Waals surface area contributed by atoms with Crippen LogP contribution in [0.4, 0.5) is 0 Å². The van der Waals surface area contributed by atoms with Gasteiger partial charge in [0.2, 0.25) is 0 Å². The first-order valence-electron chi connectivity index (χ1n) is 6.44. The van der Waals surface area contributed by atoms with Gasteiger partial charge in [-0.3, -0.25) is 0 Å². The van der Waals surface area contributed by atoms with E-state index in [2.05, 4.69) is 20.8 Å². The predicted molar refractivity (Wildman–Crippen MR) is 67.2 cm³/mol. The second kappa shape index (κ2) is 7.12. The van der Waals surface area contributed by atoms with Crippen molar-refractivity contribution < 1.29 is 3.07 Å². The fraction of sp³-hybridized carbons (Fsp3) is 1.00. The minimum atomic E-state index is -1.58. The maximum atomic E-state index is 6.12. The molecule has 2 N–H and O–H groups in total. The predicted octanol–water partition coefficient (Wildman–Crippen LogP) is 2.94. The molecule has 1 aliphatic rings. The van der Waals surface area contributed by atoms with Gasteiger partial charge < -0.3 is 0 Å². The Hall–Kier alpha value is 0.719. The van der Waals surface area contributed by atoms with Gasteiger partial charge in [0.25, 0.3) is 0 Å². The number of hydrogen-bond acceptors (Lipinski definition) is 2. The molecule has 0 aromatic heterocycles. The van der Waals surface area contributed by atoms with Crippen LogP contribution in [0.25, 0.3) is 0 Å². The van der Waals surface area contributed by atoms with Crippen LogP contribution >= 0.6 is 0 Å². The van der Waals surface area contributed by atoms with E-state index in [1.54, 1.807) is 0 Å². The van der Waals surface area contributed by atoms with Gasteiger partial charge >= 0.3 is 102 Å². The van der Waals surface area contributed by atoms with E-state index in [-0.39, 0.29) is 0 Å². The van der Waals surface area contributed by atoms with Crippen LogP contribution in [0.1, 0.15) is 46.5 Å². The van der Waals surface area contributed by atoms with Gasteiger partial charge in [-0.1, -0.05) is 0 Å². The Morgan fingerprint density at radius 1 is 1.33 bits per heavy atom. The zero-order valence-electron chi connectivity index (χ0n) is 10.5. The topological polar surface area (TPSA) is 35.2 Å². The molecule has 1 aliphatic carbocycles. The second-order valence-corrected chi connectivity index (χ2v) is 12.3. The Morgan fingerprint density at radius 2 is 2.00 bits per heavy atom. The van der Waals surface area contributed by atoms with Crippen molar-refractivity contribution in [3.05, 3.63) is 0 Å². The van der Waals surface area contributed by atoms with E-state index in [4.69, 9.17) is 8.81 Å². The Balaban J connectivity index is 2.60. The van der Waals surface area contributed by atoms with Gasteiger partial charge in [0.15, 0.2) is 0 Å². The molecule has 88 valence electrons. The molecule has 0 aromatic carbocycles. The molecule has 0 amide bonds. The SMILES string of the molecule is CC[O][Sn+]([CH2]C)[CH]1CCCCC1C(C)N. The third-order valence-corrected chi connectivity index (χ3v) is 11.9. The standard InChI is InChI=1S/C8H16N.C2H5O.C2H5.Sn/c1-7(9)8-5-3-2-4-6-8;1-2-3;1-2;/h5,7-8H,2-4,6,9H2,1H3;2H2,1H3;1H2,2H3;/q;-1;;+2. The number of hydrogen-bond donors (Lipinski definition) is 1. The summed E-state index contributed by atoms with van der Waals surface area (Å²) in [6.45, 7) is 7.56. The van der Waals surface area contributed by atoms with Gasteiger partial charge in [0.1, 0.15) is 0 Å². The normalized spacial score (nSPS) is 28.8. The van der Waals surface area contributed by atoms with Crippen molar-refractivity contribution in [1.82, 2.24) is 0 Å². The molecule has 2 nitrogen and oxygen atoms in total. The first-order chi connectivity index (χ1) is 7.20. The molecule has 0 saturated heterocycles. The van der Waals surface area contributed by atoms with Crippen LogP contribution < -0.4 is 5.73 Å². The first-order valence-corrected chi connectivity index (χ1v) is 11.3. The molecule has 3 atom stereocenters. The fourth-order valence-corrected chi connectivity index (χ4v) is 10.8. The van der Waals surface area contributed by atoms with Crippen LogP contribution in [-0.4, -0.2) is 32.8 Å². The summed E-state index contributed by atoms with van der Waals surface area (Å²) >= 11 is -1.58. The van der Waals surface area contributed by atoms with Crippen molar-refractivity contribution in [2.75, 3.05) is 6.61 Å². The van der Waals surface area contributed by atoms with Crippen LogP contribution in [0.3, 0.4) is 0 Å². The van der Waals surface area contributed by atoms with Crippen molar-refractivity contribution >= 4 is 20.2 Å². The summed E-state index contributed by atoms with van der Waals surface area (Å²) in [6.07, 6.45) is 5.54. The van der Waals surface area contributed by atoms with E-state index in [1.807, 2.05) is 0 Å². The van der Waals surface area contributed by atoms with Crippen molar-refractivity contribution in [3.8, 4) is 0 Å². The summed E-state index contributed by atoms with van der Waals surface area (Å²) in [7, 11) is 0. The molecule has 1 saturated carbocycles. The summed E-state index contributed by atoms with van der Waals surface area (Å²) < 4.78 is 8.27. The van der Waals surface area contributed by atoms with Gasteiger partial charge in [0, 0.05) is 0 Å². The third-order valence-electron chi connectivity index (χ3n) is 3.59. The minimum absolute atomic E-state index is 0.373. The molecule has 0 bridgehead atoms. The van der Waals surface area contributed by atoms with Crippen molar-refractivity contribution in [1.29, 1.82) is 0 Å². The zero-order chi connectivity index (χ0) is 11.3. The van der Waals surface area contributed by atoms with Crippen LogP contribution in [0, 0.1) is 5.92 Å². The van der Waals surface area contributed by atoms with E-state index < -0.39 is 20.2 Å². The molecule has 0 radical (unpaired) electrons. The quantitative estimate of drug-likeness (QED) is 0.791. The first kappa shape index (κ1) is 13.8. The Morgan fingerprint density at radius 3 is 2.53 bits per heavy atom. The van der Waals surface area contributed by atoms with Crippen LogP contribution in [-0.2, 0) is 3.07 Å². The van der Waals surface area contributed by atoms with Crippen LogP contribution in [0.15, 0.2) is 0 Å². The molecule has 0 aromatic rings. The van der Waals surface area contributed by atoms with Crippen molar-refractivity contribution in [2.24, 2.45) is 11.7 Å². The van der Waals surface area contributed by atoms with E-state index in [1.165, 1.54) is 30.1 Å². The molecule has 0 spiro atoms. The van der Waals surface area contributed by atoms with Gasteiger partial charge in [-0.05, 0) is 0 Å². The molecule has 3 heteroatoms. The molecule has 15 heavy (non-hydrogen) atoms. The van der Waals surface area contributed by atoms with Gasteiger partial charge in [-0.2, -0.15) is 0 Å². The van der Waals surface area contributed by atoms with Crippen LogP contribution in [0.2, 0.25) is 8.37 Å².